The molecular formula is C16H21ClN2O3. The summed E-state index contributed by atoms with van der Waals surface area (Å²) in [6.07, 6.45) is 0.333. The van der Waals surface area contributed by atoms with Gasteiger partial charge in [0.15, 0.2) is 11.9 Å². The van der Waals surface area contributed by atoms with Crippen molar-refractivity contribution in [3.8, 4) is 5.75 Å². The second-order valence-electron chi connectivity index (χ2n) is 5.65. The largest absolute Gasteiger partial charge is 0.479 e. The number of amides is 1. The lowest BCUT2D eigenvalue weighted by atomic mass is 10.1. The van der Waals surface area contributed by atoms with Crippen molar-refractivity contribution < 1.29 is 14.3 Å². The Hall–Kier alpha value is -1.59. The van der Waals surface area contributed by atoms with Crippen LogP contribution in [-0.4, -0.2) is 55.8 Å². The number of anilines is 1. The van der Waals surface area contributed by atoms with Gasteiger partial charge < -0.3 is 14.5 Å². The quantitative estimate of drug-likeness (QED) is 0.594. The molecule has 0 aliphatic carbocycles. The minimum Gasteiger partial charge on any atom is -0.479 e. The van der Waals surface area contributed by atoms with Gasteiger partial charge in [-0.15, -0.1) is 11.6 Å². The maximum atomic E-state index is 12.4. The molecular weight excluding hydrogens is 304 g/mol. The second kappa shape index (κ2) is 7.11. The van der Waals surface area contributed by atoms with E-state index in [-0.39, 0.29) is 17.6 Å². The third kappa shape index (κ3) is 3.59. The summed E-state index contributed by atoms with van der Waals surface area (Å²) < 4.78 is 5.62. The van der Waals surface area contributed by atoms with Crippen LogP contribution in [0.4, 0.5) is 5.69 Å². The number of carbonyl (C=O) groups is 2. The zero-order chi connectivity index (χ0) is 16.3. The molecule has 0 spiro atoms. The molecule has 1 aromatic rings. The van der Waals surface area contributed by atoms with Gasteiger partial charge in [0, 0.05) is 12.1 Å². The maximum Gasteiger partial charge on any atom is 0.267 e. The molecule has 0 saturated carbocycles. The highest BCUT2D eigenvalue weighted by Crippen LogP contribution is 2.35. The standard InChI is InChI=1S/C16H21ClN2O3/c1-11-16(21)19(8-4-7-18(2)3)13-9-12(14(20)10-17)5-6-15(13)22-11/h5-6,9,11H,4,7-8,10H2,1-3H3. The fraction of sp³-hybridized carbons (Fsp3) is 0.500. The van der Waals surface area contributed by atoms with E-state index in [1.54, 1.807) is 30.0 Å². The average molecular weight is 325 g/mol. The minimum atomic E-state index is -0.513. The van der Waals surface area contributed by atoms with Gasteiger partial charge in [-0.2, -0.15) is 0 Å². The van der Waals surface area contributed by atoms with Gasteiger partial charge in [-0.05, 0) is 52.2 Å². The summed E-state index contributed by atoms with van der Waals surface area (Å²) in [6, 6.07) is 5.11. The Morgan fingerprint density at radius 3 is 2.77 bits per heavy atom. The predicted octanol–water partition coefficient (Wildman–Crippen LogP) is 2.17. The molecule has 22 heavy (non-hydrogen) atoms. The fourth-order valence-corrected chi connectivity index (χ4v) is 2.59. The van der Waals surface area contributed by atoms with Gasteiger partial charge in [-0.25, -0.2) is 0 Å². The van der Waals surface area contributed by atoms with Crippen molar-refractivity contribution in [1.29, 1.82) is 0 Å². The van der Waals surface area contributed by atoms with Gasteiger partial charge >= 0.3 is 0 Å². The van der Waals surface area contributed by atoms with Gasteiger partial charge in [0.25, 0.3) is 5.91 Å². The molecule has 120 valence electrons. The monoisotopic (exact) mass is 324 g/mol. The van der Waals surface area contributed by atoms with E-state index in [2.05, 4.69) is 4.90 Å². The Bertz CT molecular complexity index is 575. The molecule has 0 bridgehead atoms. The Morgan fingerprint density at radius 1 is 1.41 bits per heavy atom. The number of fused-ring (bicyclic) bond motifs is 1. The van der Waals surface area contributed by atoms with E-state index in [1.165, 1.54) is 0 Å². The Balaban J connectivity index is 2.29. The molecule has 1 atom stereocenters. The predicted molar refractivity (Wildman–Crippen MR) is 87.1 cm³/mol. The topological polar surface area (TPSA) is 49.9 Å². The number of alkyl halides is 1. The van der Waals surface area contributed by atoms with Crippen LogP contribution in [0.3, 0.4) is 0 Å². The average Bonchev–Trinajstić information content (AvgIpc) is 2.49. The number of hydrogen-bond donors (Lipinski definition) is 0. The molecule has 0 N–H and O–H groups in total. The highest BCUT2D eigenvalue weighted by atomic mass is 35.5. The number of benzene rings is 1. The lowest BCUT2D eigenvalue weighted by Crippen LogP contribution is -2.45. The number of carbonyl (C=O) groups excluding carboxylic acids is 2. The third-order valence-electron chi connectivity index (χ3n) is 3.60. The van der Waals surface area contributed by atoms with Gasteiger partial charge in [0.2, 0.25) is 0 Å². The van der Waals surface area contributed by atoms with Gasteiger partial charge in [-0.3, -0.25) is 9.59 Å². The van der Waals surface area contributed by atoms with Crippen LogP contribution in [0.25, 0.3) is 0 Å². The number of rotatable bonds is 6. The number of ketones is 1. The van der Waals surface area contributed by atoms with E-state index in [9.17, 15) is 9.59 Å². The summed E-state index contributed by atoms with van der Waals surface area (Å²) in [7, 11) is 3.99. The summed E-state index contributed by atoms with van der Waals surface area (Å²) in [5, 5.41) is 0. The minimum absolute atomic E-state index is 0.0787. The molecule has 0 saturated heterocycles. The van der Waals surface area contributed by atoms with Crippen LogP contribution in [0.15, 0.2) is 18.2 Å². The van der Waals surface area contributed by atoms with E-state index in [4.69, 9.17) is 16.3 Å². The Kier molecular flexibility index (Phi) is 5.42. The van der Waals surface area contributed by atoms with E-state index in [0.717, 1.165) is 13.0 Å². The molecule has 6 heteroatoms. The van der Waals surface area contributed by atoms with Crippen LogP contribution >= 0.6 is 11.6 Å². The Labute approximate surface area is 135 Å². The van der Waals surface area contributed by atoms with Crippen molar-refractivity contribution in [2.75, 3.05) is 38.0 Å². The van der Waals surface area contributed by atoms with E-state index in [1.807, 2.05) is 14.1 Å². The van der Waals surface area contributed by atoms with Gasteiger partial charge in [0.1, 0.15) is 5.75 Å². The highest BCUT2D eigenvalue weighted by Gasteiger charge is 2.31. The molecule has 2 rings (SSSR count). The summed E-state index contributed by atoms with van der Waals surface area (Å²) in [4.78, 5) is 27.9. The summed E-state index contributed by atoms with van der Waals surface area (Å²) in [5.74, 6) is 0.304. The van der Waals surface area contributed by atoms with E-state index < -0.39 is 6.10 Å². The molecule has 1 unspecified atom stereocenters. The number of ether oxygens (including phenoxy) is 1. The van der Waals surface area contributed by atoms with Crippen LogP contribution in [0.1, 0.15) is 23.7 Å². The van der Waals surface area contributed by atoms with Crippen LogP contribution in [0, 0.1) is 0 Å². The van der Waals surface area contributed by atoms with Gasteiger partial charge in [-0.1, -0.05) is 0 Å². The number of halogens is 1. The van der Waals surface area contributed by atoms with Crippen LogP contribution in [-0.2, 0) is 4.79 Å². The normalized spacial score (nSPS) is 17.4. The molecule has 1 aromatic carbocycles. The zero-order valence-electron chi connectivity index (χ0n) is 13.1. The number of Topliss-reactive ketones (excluding diaryl/α,β-unsaturated/α-hetero) is 1. The lowest BCUT2D eigenvalue weighted by Gasteiger charge is -2.33. The summed E-state index contributed by atoms with van der Waals surface area (Å²) in [5.41, 5.74) is 1.15. The summed E-state index contributed by atoms with van der Waals surface area (Å²) >= 11 is 5.61. The molecule has 5 nitrogen and oxygen atoms in total. The molecule has 1 heterocycles. The third-order valence-corrected chi connectivity index (χ3v) is 3.84. The first-order valence-corrected chi connectivity index (χ1v) is 7.83. The van der Waals surface area contributed by atoms with Crippen molar-refractivity contribution in [3.63, 3.8) is 0 Å². The maximum absolute atomic E-state index is 12.4. The van der Waals surface area contributed by atoms with Gasteiger partial charge in [0.05, 0.1) is 11.6 Å². The molecule has 0 fully saturated rings. The Morgan fingerprint density at radius 2 is 2.14 bits per heavy atom. The van der Waals surface area contributed by atoms with Crippen molar-refractivity contribution >= 4 is 29.0 Å². The molecule has 1 aliphatic heterocycles. The van der Waals surface area contributed by atoms with Crippen molar-refractivity contribution in [2.45, 2.75) is 19.4 Å². The smallest absolute Gasteiger partial charge is 0.267 e. The lowest BCUT2D eigenvalue weighted by molar-refractivity contribution is -0.125. The van der Waals surface area contributed by atoms with Crippen molar-refractivity contribution in [3.05, 3.63) is 23.8 Å². The molecule has 0 radical (unpaired) electrons. The number of hydrogen-bond acceptors (Lipinski definition) is 4. The molecule has 1 aliphatic rings. The highest BCUT2D eigenvalue weighted by molar-refractivity contribution is 6.30. The fourth-order valence-electron chi connectivity index (χ4n) is 2.43. The second-order valence-corrected chi connectivity index (χ2v) is 5.91. The first-order chi connectivity index (χ1) is 10.4. The van der Waals surface area contributed by atoms with E-state index >= 15 is 0 Å². The SMILES string of the molecule is CC1Oc2ccc(C(=O)CCl)cc2N(CCCN(C)C)C1=O. The van der Waals surface area contributed by atoms with Crippen molar-refractivity contribution in [2.24, 2.45) is 0 Å². The molecule has 1 amide bonds. The summed E-state index contributed by atoms with van der Waals surface area (Å²) in [6.45, 7) is 3.22. The van der Waals surface area contributed by atoms with Crippen molar-refractivity contribution in [1.82, 2.24) is 4.90 Å². The molecule has 0 aromatic heterocycles. The van der Waals surface area contributed by atoms with Crippen LogP contribution in [0.5, 0.6) is 5.75 Å². The van der Waals surface area contributed by atoms with E-state index in [0.29, 0.717) is 23.5 Å². The zero-order valence-corrected chi connectivity index (χ0v) is 13.9. The van der Waals surface area contributed by atoms with Crippen LogP contribution in [0.2, 0.25) is 0 Å². The van der Waals surface area contributed by atoms with Crippen LogP contribution < -0.4 is 9.64 Å². The first kappa shape index (κ1) is 16.8. The first-order valence-electron chi connectivity index (χ1n) is 7.30. The number of nitrogens with zero attached hydrogens (tertiary/aromatic N) is 2.